The number of benzene rings is 1. The third-order valence-electron chi connectivity index (χ3n) is 3.25. The fourth-order valence-electron chi connectivity index (χ4n) is 1.97. The number of carbonyl (C=O) groups is 3. The average molecular weight is 428 g/mol. The van der Waals surface area contributed by atoms with Gasteiger partial charge < -0.3 is 19.9 Å². The summed E-state index contributed by atoms with van der Waals surface area (Å²) in [4.78, 5) is 35.6. The number of nitrogens with one attached hydrogen (secondary N) is 1. The molecule has 1 rings (SSSR count). The van der Waals surface area contributed by atoms with Crippen molar-refractivity contribution in [2.45, 2.75) is 32.9 Å². The van der Waals surface area contributed by atoms with Crippen LogP contribution in [0.2, 0.25) is 0 Å². The van der Waals surface area contributed by atoms with E-state index in [2.05, 4.69) is 21.2 Å². The zero-order valence-corrected chi connectivity index (χ0v) is 16.4. The highest BCUT2D eigenvalue weighted by atomic mass is 79.9. The Hall–Kier alpha value is -2.19. The molecular weight excluding hydrogens is 406 g/mol. The predicted octanol–water partition coefficient (Wildman–Crippen LogP) is 1.98. The molecule has 2 atom stereocenters. The van der Waals surface area contributed by atoms with E-state index in [4.69, 9.17) is 9.47 Å². The van der Waals surface area contributed by atoms with Crippen molar-refractivity contribution in [3.05, 3.63) is 46.1 Å². The van der Waals surface area contributed by atoms with Crippen molar-refractivity contribution in [1.29, 1.82) is 0 Å². The number of ketones is 1. The van der Waals surface area contributed by atoms with E-state index in [1.54, 1.807) is 38.1 Å². The average Bonchev–Trinajstić information content (AvgIpc) is 2.57. The monoisotopic (exact) mass is 427 g/mol. The molecule has 8 heteroatoms. The fraction of sp³-hybridized carbons (Fsp3) is 0.389. The highest BCUT2D eigenvalue weighted by molar-refractivity contribution is 9.10. The molecule has 0 aliphatic heterocycles. The van der Waals surface area contributed by atoms with Crippen molar-refractivity contribution in [2.75, 3.05) is 13.2 Å². The van der Waals surface area contributed by atoms with Gasteiger partial charge in [-0.2, -0.15) is 0 Å². The van der Waals surface area contributed by atoms with Gasteiger partial charge in [0.15, 0.2) is 18.4 Å². The molecule has 0 heterocycles. The lowest BCUT2D eigenvalue weighted by atomic mass is 10.1. The number of carbonyl (C=O) groups excluding carboxylic acids is 3. The third-order valence-corrected chi connectivity index (χ3v) is 3.78. The molecule has 0 aromatic heterocycles. The van der Waals surface area contributed by atoms with Crippen LogP contribution in [0, 0.1) is 0 Å². The van der Waals surface area contributed by atoms with E-state index < -0.39 is 30.7 Å². The van der Waals surface area contributed by atoms with Crippen LogP contribution in [-0.2, 0) is 19.1 Å². The normalized spacial score (nSPS) is 13.5. The lowest BCUT2D eigenvalue weighted by Gasteiger charge is -2.21. The Kier molecular flexibility index (Phi) is 9.01. The van der Waals surface area contributed by atoms with Gasteiger partial charge in [-0.1, -0.05) is 28.1 Å². The summed E-state index contributed by atoms with van der Waals surface area (Å²) in [5.41, 5.74) is 0.728. The van der Waals surface area contributed by atoms with Gasteiger partial charge in [0.2, 0.25) is 0 Å². The van der Waals surface area contributed by atoms with Gasteiger partial charge in [-0.3, -0.25) is 4.79 Å². The topological polar surface area (TPSA) is 102 Å². The Labute approximate surface area is 160 Å². The molecule has 0 amide bonds. The van der Waals surface area contributed by atoms with Gasteiger partial charge in [0.1, 0.15) is 0 Å². The summed E-state index contributed by atoms with van der Waals surface area (Å²) in [5.74, 6) is -1.74. The standard InChI is InChI=1S/C18H22BrNO6/c1-4-25-16(23)9-11(2)20-17(12(3)21)18(24)26-10-15(22)13-5-7-14(19)8-6-13/h5-9,12,17,20-21H,4,10H2,1-3H3/t12-,17+/m1/s1. The molecule has 1 aromatic rings. The van der Waals surface area contributed by atoms with Crippen LogP contribution in [-0.4, -0.2) is 48.2 Å². The van der Waals surface area contributed by atoms with Crippen molar-refractivity contribution in [2.24, 2.45) is 0 Å². The summed E-state index contributed by atoms with van der Waals surface area (Å²) in [5, 5.41) is 12.5. The van der Waals surface area contributed by atoms with Crippen LogP contribution in [0.5, 0.6) is 0 Å². The number of allylic oxidation sites excluding steroid dienone is 1. The first-order valence-electron chi connectivity index (χ1n) is 7.99. The number of hydrogen-bond acceptors (Lipinski definition) is 7. The van der Waals surface area contributed by atoms with Crippen molar-refractivity contribution < 1.29 is 29.0 Å². The first kappa shape index (κ1) is 21.9. The number of rotatable bonds is 9. The van der Waals surface area contributed by atoms with Crippen molar-refractivity contribution in [3.63, 3.8) is 0 Å². The summed E-state index contributed by atoms with van der Waals surface area (Å²) in [6, 6.07) is 5.50. The molecule has 2 N–H and O–H groups in total. The highest BCUT2D eigenvalue weighted by Gasteiger charge is 2.26. The van der Waals surface area contributed by atoms with Crippen molar-refractivity contribution in [3.8, 4) is 0 Å². The molecule has 0 bridgehead atoms. The molecule has 0 radical (unpaired) electrons. The van der Waals surface area contributed by atoms with Crippen molar-refractivity contribution >= 4 is 33.7 Å². The Morgan fingerprint density at radius 2 is 1.85 bits per heavy atom. The number of halogens is 1. The molecule has 142 valence electrons. The molecule has 0 fully saturated rings. The molecule has 7 nitrogen and oxygen atoms in total. The molecule has 0 aliphatic rings. The molecule has 1 aromatic carbocycles. The first-order chi connectivity index (χ1) is 12.2. The number of esters is 2. The van der Waals surface area contributed by atoms with Gasteiger partial charge >= 0.3 is 11.9 Å². The number of Topliss-reactive ketones (excluding diaryl/α,β-unsaturated/α-hetero) is 1. The largest absolute Gasteiger partial charge is 0.463 e. The van der Waals surface area contributed by atoms with E-state index in [0.29, 0.717) is 11.3 Å². The summed E-state index contributed by atoms with van der Waals surface area (Å²) >= 11 is 3.27. The minimum Gasteiger partial charge on any atom is -0.463 e. The van der Waals surface area contributed by atoms with Crippen LogP contribution >= 0.6 is 15.9 Å². The molecule has 0 spiro atoms. The zero-order chi connectivity index (χ0) is 19.7. The maximum absolute atomic E-state index is 12.2. The molecule has 0 unspecified atom stereocenters. The summed E-state index contributed by atoms with van der Waals surface area (Å²) < 4.78 is 10.6. The summed E-state index contributed by atoms with van der Waals surface area (Å²) in [6.07, 6.45) is 0.0647. The van der Waals surface area contributed by atoms with E-state index in [1.165, 1.54) is 13.0 Å². The van der Waals surface area contributed by atoms with E-state index in [0.717, 1.165) is 4.47 Å². The SMILES string of the molecule is CCOC(=O)C=C(C)N[C@H](C(=O)OCC(=O)c1ccc(Br)cc1)[C@@H](C)O. The highest BCUT2D eigenvalue weighted by Crippen LogP contribution is 2.11. The number of aliphatic hydroxyl groups is 1. The van der Waals surface area contributed by atoms with Gasteiger partial charge in [-0.15, -0.1) is 0 Å². The Balaban J connectivity index is 2.66. The first-order valence-corrected chi connectivity index (χ1v) is 8.79. The Bertz CT molecular complexity index is 669. The zero-order valence-electron chi connectivity index (χ0n) is 14.8. The third kappa shape index (κ3) is 7.37. The van der Waals surface area contributed by atoms with Crippen LogP contribution < -0.4 is 5.32 Å². The summed E-state index contributed by atoms with van der Waals surface area (Å²) in [7, 11) is 0. The number of hydrogen-bond donors (Lipinski definition) is 2. The second-order valence-electron chi connectivity index (χ2n) is 5.48. The second-order valence-corrected chi connectivity index (χ2v) is 6.40. The molecule has 0 aliphatic carbocycles. The minimum atomic E-state index is -1.13. The van der Waals surface area contributed by atoms with Gasteiger partial charge in [0.25, 0.3) is 0 Å². The number of aliphatic hydroxyl groups excluding tert-OH is 1. The van der Waals surface area contributed by atoms with Gasteiger partial charge in [-0.05, 0) is 32.9 Å². The Morgan fingerprint density at radius 1 is 1.23 bits per heavy atom. The maximum Gasteiger partial charge on any atom is 0.332 e. The van der Waals surface area contributed by atoms with Gasteiger partial charge in [0, 0.05) is 21.8 Å². The maximum atomic E-state index is 12.2. The van der Waals surface area contributed by atoms with Gasteiger partial charge in [-0.25, -0.2) is 9.59 Å². The van der Waals surface area contributed by atoms with Crippen LogP contribution in [0.4, 0.5) is 0 Å². The van der Waals surface area contributed by atoms with E-state index >= 15 is 0 Å². The van der Waals surface area contributed by atoms with Crippen molar-refractivity contribution in [1.82, 2.24) is 5.32 Å². The van der Waals surface area contributed by atoms with Crippen LogP contribution in [0.1, 0.15) is 31.1 Å². The number of ether oxygens (including phenoxy) is 2. The molecule has 0 saturated carbocycles. The summed E-state index contributed by atoms with van der Waals surface area (Å²) in [6.45, 7) is 4.39. The van der Waals surface area contributed by atoms with Gasteiger partial charge in [0.05, 0.1) is 12.7 Å². The molecule has 26 heavy (non-hydrogen) atoms. The predicted molar refractivity (Wildman–Crippen MR) is 98.4 cm³/mol. The second kappa shape index (κ2) is 10.7. The van der Waals surface area contributed by atoms with Crippen LogP contribution in [0.3, 0.4) is 0 Å². The van der Waals surface area contributed by atoms with E-state index in [1.807, 2.05) is 0 Å². The lowest BCUT2D eigenvalue weighted by molar-refractivity contribution is -0.147. The van der Waals surface area contributed by atoms with E-state index in [9.17, 15) is 19.5 Å². The van der Waals surface area contributed by atoms with Crippen LogP contribution in [0.15, 0.2) is 40.5 Å². The fourth-order valence-corrected chi connectivity index (χ4v) is 2.23. The smallest absolute Gasteiger partial charge is 0.332 e. The molecule has 0 saturated heterocycles. The van der Waals surface area contributed by atoms with E-state index in [-0.39, 0.29) is 12.4 Å². The molecular formula is C18H22BrNO6. The lowest BCUT2D eigenvalue weighted by Crippen LogP contribution is -2.45. The minimum absolute atomic E-state index is 0.225. The quantitative estimate of drug-likeness (QED) is 0.352. The van der Waals surface area contributed by atoms with Crippen LogP contribution in [0.25, 0.3) is 0 Å². The Morgan fingerprint density at radius 3 is 2.38 bits per heavy atom.